The van der Waals surface area contributed by atoms with Crippen molar-refractivity contribution in [3.63, 3.8) is 0 Å². The van der Waals surface area contributed by atoms with E-state index in [2.05, 4.69) is 75.1 Å². The standard InChI is InChI=1S/C31H32N.C12H11NO.Ir/c1-20-16-21(2)18-27(17-20)31-29-19-22(3)30(23(4)28(29)14-15-32-31)26-12-10-25(11-13-26)24-8-6-5-7-9-24;1-9-5-6-12(14)10(8-9)11-4-2-3-7-13-11;/h5-9,14-17,19,25-26H,10-13H2,1-4H3;2-8,14H,1H3;/q-1;;/i25D,26D;;. The molecule has 6 aromatic rings. The molecule has 0 bridgehead atoms. The van der Waals surface area contributed by atoms with E-state index in [1.54, 1.807) is 12.3 Å². The number of pyridine rings is 2. The molecule has 47 heavy (non-hydrogen) atoms. The minimum Gasteiger partial charge on any atom is -0.507 e. The zero-order valence-electron chi connectivity index (χ0n) is 29.8. The summed E-state index contributed by atoms with van der Waals surface area (Å²) in [5, 5.41) is 11.9. The minimum absolute atomic E-state index is 0. The fraction of sp³-hybridized carbons (Fsp3) is 0.256. The van der Waals surface area contributed by atoms with Crippen molar-refractivity contribution >= 4 is 10.8 Å². The van der Waals surface area contributed by atoms with Crippen molar-refractivity contribution in [3.05, 3.63) is 148 Å². The Morgan fingerprint density at radius 3 is 2.13 bits per heavy atom. The quantitative estimate of drug-likeness (QED) is 0.181. The first-order valence-corrected chi connectivity index (χ1v) is 16.1. The predicted molar refractivity (Wildman–Crippen MR) is 191 cm³/mol. The van der Waals surface area contributed by atoms with Crippen molar-refractivity contribution in [1.29, 1.82) is 0 Å². The largest absolute Gasteiger partial charge is 0.507 e. The van der Waals surface area contributed by atoms with Crippen LogP contribution in [-0.2, 0) is 20.1 Å². The van der Waals surface area contributed by atoms with Gasteiger partial charge in [-0.1, -0.05) is 67.9 Å². The van der Waals surface area contributed by atoms with Gasteiger partial charge in [-0.05, 0) is 127 Å². The molecule has 2 aromatic heterocycles. The first-order chi connectivity index (χ1) is 23.0. The smallest absolute Gasteiger partial charge is 0.124 e. The predicted octanol–water partition coefficient (Wildman–Crippen LogP) is 11.1. The molecule has 4 aromatic carbocycles. The molecule has 0 spiro atoms. The molecule has 1 aliphatic carbocycles. The maximum atomic E-state index is 9.65. The van der Waals surface area contributed by atoms with Gasteiger partial charge in [0.1, 0.15) is 5.75 Å². The molecular weight excluding hydrogens is 753 g/mol. The van der Waals surface area contributed by atoms with Gasteiger partial charge in [0, 0.05) is 40.8 Å². The van der Waals surface area contributed by atoms with Crippen LogP contribution in [0, 0.1) is 40.7 Å². The molecule has 0 aliphatic heterocycles. The van der Waals surface area contributed by atoms with E-state index < -0.39 is 11.8 Å². The van der Waals surface area contributed by atoms with Gasteiger partial charge in [-0.2, -0.15) is 0 Å². The van der Waals surface area contributed by atoms with Gasteiger partial charge in [0.05, 0.1) is 5.69 Å². The molecule has 241 valence electrons. The molecule has 0 unspecified atom stereocenters. The number of phenolic OH excluding ortho intramolecular Hbond substituents is 1. The number of aryl methyl sites for hydroxylation is 5. The van der Waals surface area contributed by atoms with Crippen LogP contribution in [0.5, 0.6) is 5.75 Å². The second-order valence-corrected chi connectivity index (χ2v) is 12.5. The molecule has 1 radical (unpaired) electrons. The number of rotatable bonds is 4. The maximum absolute atomic E-state index is 9.65. The second-order valence-electron chi connectivity index (χ2n) is 12.5. The van der Waals surface area contributed by atoms with Gasteiger partial charge < -0.3 is 10.1 Å². The van der Waals surface area contributed by atoms with Crippen LogP contribution >= 0.6 is 0 Å². The maximum Gasteiger partial charge on any atom is 0.124 e. The summed E-state index contributed by atoms with van der Waals surface area (Å²) in [6.07, 6.45) is 6.41. The molecule has 2 heterocycles. The van der Waals surface area contributed by atoms with Crippen LogP contribution in [0.3, 0.4) is 0 Å². The molecule has 1 saturated carbocycles. The van der Waals surface area contributed by atoms with E-state index in [4.69, 9.17) is 6.35 Å². The van der Waals surface area contributed by atoms with Crippen LogP contribution in [0.25, 0.3) is 33.3 Å². The summed E-state index contributed by atoms with van der Waals surface area (Å²) in [6, 6.07) is 33.4. The molecule has 0 atom stereocenters. The average molecular weight is 798 g/mol. The fourth-order valence-electron chi connectivity index (χ4n) is 6.89. The molecule has 0 amide bonds. The van der Waals surface area contributed by atoms with E-state index >= 15 is 0 Å². The third kappa shape index (κ3) is 7.72. The molecule has 7 rings (SSSR count). The Bertz CT molecular complexity index is 2050. The van der Waals surface area contributed by atoms with E-state index in [-0.39, 0.29) is 25.9 Å². The molecule has 1 N–H and O–H groups in total. The average Bonchev–Trinajstić information content (AvgIpc) is 3.08. The molecular formula is C43H43IrN2O-. The number of phenols is 1. The van der Waals surface area contributed by atoms with Crippen LogP contribution in [-0.4, -0.2) is 15.1 Å². The second kappa shape index (κ2) is 15.2. The summed E-state index contributed by atoms with van der Waals surface area (Å²) in [6.45, 7) is 10.5. The van der Waals surface area contributed by atoms with E-state index in [1.807, 2.05) is 61.7 Å². The molecule has 1 aliphatic rings. The van der Waals surface area contributed by atoms with Crippen molar-refractivity contribution in [2.45, 2.75) is 72.1 Å². The van der Waals surface area contributed by atoms with Crippen molar-refractivity contribution in [2.24, 2.45) is 0 Å². The zero-order chi connectivity index (χ0) is 34.1. The van der Waals surface area contributed by atoms with Crippen LogP contribution in [0.15, 0.2) is 103 Å². The first kappa shape index (κ1) is 31.5. The number of aromatic hydroxyl groups is 1. The Morgan fingerprint density at radius 1 is 0.702 bits per heavy atom. The Balaban J connectivity index is 0.000000262. The molecule has 1 fully saturated rings. The van der Waals surface area contributed by atoms with E-state index in [1.165, 1.54) is 11.1 Å². The molecule has 0 saturated heterocycles. The van der Waals surface area contributed by atoms with E-state index in [0.29, 0.717) is 25.7 Å². The van der Waals surface area contributed by atoms with E-state index in [0.717, 1.165) is 61.1 Å². The number of nitrogens with zero attached hydrogens (tertiary/aromatic N) is 2. The molecule has 4 heteroatoms. The Kier molecular flexibility index (Phi) is 10.2. The van der Waals surface area contributed by atoms with Crippen LogP contribution in [0.1, 0.15) is 79.2 Å². The summed E-state index contributed by atoms with van der Waals surface area (Å²) >= 11 is 0. The number of hydrogen-bond acceptors (Lipinski definition) is 3. The van der Waals surface area contributed by atoms with Gasteiger partial charge >= 0.3 is 0 Å². The Labute approximate surface area is 296 Å². The zero-order valence-corrected chi connectivity index (χ0v) is 30.2. The number of benzene rings is 4. The van der Waals surface area contributed by atoms with Gasteiger partial charge in [0.2, 0.25) is 0 Å². The third-order valence-electron chi connectivity index (χ3n) is 9.01. The summed E-state index contributed by atoms with van der Waals surface area (Å²) in [4.78, 5) is 8.94. The van der Waals surface area contributed by atoms with E-state index in [9.17, 15) is 6.48 Å². The van der Waals surface area contributed by atoms with Crippen molar-refractivity contribution in [3.8, 4) is 28.3 Å². The number of aromatic nitrogens is 2. The Morgan fingerprint density at radius 2 is 1.43 bits per heavy atom. The van der Waals surface area contributed by atoms with Crippen LogP contribution < -0.4 is 0 Å². The van der Waals surface area contributed by atoms with Gasteiger partial charge in [-0.3, -0.25) is 4.98 Å². The van der Waals surface area contributed by atoms with Gasteiger partial charge in [0.15, 0.2) is 0 Å². The van der Waals surface area contributed by atoms with Crippen LogP contribution in [0.4, 0.5) is 0 Å². The molecule has 3 nitrogen and oxygen atoms in total. The normalized spacial score (nSPS) is 19.5. The third-order valence-corrected chi connectivity index (χ3v) is 9.01. The van der Waals surface area contributed by atoms with Crippen molar-refractivity contribution < 1.29 is 28.0 Å². The van der Waals surface area contributed by atoms with Gasteiger partial charge in [0.25, 0.3) is 0 Å². The van der Waals surface area contributed by atoms with Gasteiger partial charge in [-0.15, -0.1) is 34.9 Å². The summed E-state index contributed by atoms with van der Waals surface area (Å²) in [5.74, 6) is -0.994. The fourth-order valence-corrected chi connectivity index (χ4v) is 6.89. The van der Waals surface area contributed by atoms with Crippen molar-refractivity contribution in [2.75, 3.05) is 0 Å². The monoisotopic (exact) mass is 798 g/mol. The first-order valence-electron chi connectivity index (χ1n) is 17.1. The SMILES string of the molecule is Cc1ccc(O)c(-c2ccccn2)c1.[2H]C1(c2ccccc2)CCC([2H])(c2c(C)cc3c(-c4[c-]c(C)cc(C)c4)nccc3c2C)CC1.[Ir]. The number of fused-ring (bicyclic) bond motifs is 1. The topological polar surface area (TPSA) is 46.0 Å². The summed E-state index contributed by atoms with van der Waals surface area (Å²) in [7, 11) is 0. The Hall–Kier alpha value is -4.11. The van der Waals surface area contributed by atoms with Gasteiger partial charge in [-0.25, -0.2) is 0 Å². The summed E-state index contributed by atoms with van der Waals surface area (Å²) < 4.78 is 18.6. The summed E-state index contributed by atoms with van der Waals surface area (Å²) in [5.41, 5.74) is 11.5. The van der Waals surface area contributed by atoms with Crippen LogP contribution in [0.2, 0.25) is 0 Å². The minimum atomic E-state index is -0.669. The number of hydrogen-bond donors (Lipinski definition) is 1. The van der Waals surface area contributed by atoms with Crippen molar-refractivity contribution in [1.82, 2.24) is 9.97 Å².